The molecule has 0 unspecified atom stereocenters. The van der Waals surface area contributed by atoms with Crippen LogP contribution < -0.4 is 10.2 Å². The fourth-order valence-electron chi connectivity index (χ4n) is 2.59. The van der Waals surface area contributed by atoms with Crippen LogP contribution in [0, 0.1) is 0 Å². The quantitative estimate of drug-likeness (QED) is 0.503. The van der Waals surface area contributed by atoms with Crippen LogP contribution in [0.25, 0.3) is 20.2 Å². The van der Waals surface area contributed by atoms with Crippen molar-refractivity contribution in [1.82, 2.24) is 4.90 Å². The zero-order valence-electron chi connectivity index (χ0n) is 13.5. The molecule has 23 heavy (non-hydrogen) atoms. The highest BCUT2D eigenvalue weighted by molar-refractivity contribution is 7.24. The minimum absolute atomic E-state index is 0.104. The molecule has 0 spiro atoms. The summed E-state index contributed by atoms with van der Waals surface area (Å²) in [5.41, 5.74) is 0.104. The molecule has 2 aromatic carbocycles. The van der Waals surface area contributed by atoms with Crippen molar-refractivity contribution >= 4 is 31.5 Å². The van der Waals surface area contributed by atoms with Crippen LogP contribution in [-0.4, -0.2) is 32.1 Å². The Labute approximate surface area is 140 Å². The number of unbranched alkanes of at least 4 members (excludes halogenated alkanes) is 1. The Balaban J connectivity index is 1.79. The van der Waals surface area contributed by atoms with Gasteiger partial charge in [-0.3, -0.25) is 4.79 Å². The van der Waals surface area contributed by atoms with Crippen LogP contribution in [0.5, 0.6) is 5.75 Å². The summed E-state index contributed by atoms with van der Waals surface area (Å²) in [6.07, 6.45) is 2.16. The molecule has 3 rings (SSSR count). The molecule has 0 radical (unpaired) electrons. The molecule has 0 saturated heterocycles. The summed E-state index contributed by atoms with van der Waals surface area (Å²) in [7, 11) is 4.16. The van der Waals surface area contributed by atoms with Gasteiger partial charge in [-0.25, -0.2) is 0 Å². The molecule has 0 aliphatic heterocycles. The van der Waals surface area contributed by atoms with Gasteiger partial charge in [0.05, 0.1) is 6.61 Å². The monoisotopic (exact) mass is 327 g/mol. The van der Waals surface area contributed by atoms with Gasteiger partial charge in [-0.1, -0.05) is 12.1 Å². The molecule has 4 heteroatoms. The Bertz CT molecular complexity index is 870. The van der Waals surface area contributed by atoms with Gasteiger partial charge in [0.25, 0.3) is 0 Å². The van der Waals surface area contributed by atoms with E-state index >= 15 is 0 Å². The zero-order chi connectivity index (χ0) is 16.2. The lowest BCUT2D eigenvalue weighted by atomic mass is 10.2. The van der Waals surface area contributed by atoms with Crippen molar-refractivity contribution < 1.29 is 4.74 Å². The average molecular weight is 327 g/mol. The fraction of sp³-hybridized carbons (Fsp3) is 0.316. The van der Waals surface area contributed by atoms with Gasteiger partial charge >= 0.3 is 0 Å². The summed E-state index contributed by atoms with van der Waals surface area (Å²) >= 11 is 1.64. The molecule has 0 atom stereocenters. The molecule has 1 aromatic heterocycles. The predicted octanol–water partition coefficient (Wildman–Crippen LogP) is 4.14. The zero-order valence-corrected chi connectivity index (χ0v) is 14.4. The van der Waals surface area contributed by atoms with E-state index in [0.717, 1.165) is 45.3 Å². The highest BCUT2D eigenvalue weighted by Gasteiger charge is 2.06. The normalized spacial score (nSPS) is 11.4. The number of benzene rings is 2. The lowest BCUT2D eigenvalue weighted by Crippen LogP contribution is -2.13. The Hall–Kier alpha value is -1.91. The fourth-order valence-corrected chi connectivity index (χ4v) is 3.69. The maximum atomic E-state index is 12.5. The summed E-state index contributed by atoms with van der Waals surface area (Å²) in [6, 6.07) is 13.5. The summed E-state index contributed by atoms with van der Waals surface area (Å²) in [4.78, 5) is 14.7. The van der Waals surface area contributed by atoms with Gasteiger partial charge in [-0.2, -0.15) is 0 Å². The Morgan fingerprint density at radius 2 is 1.78 bits per heavy atom. The van der Waals surface area contributed by atoms with Crippen molar-refractivity contribution in [3.05, 3.63) is 52.7 Å². The van der Waals surface area contributed by atoms with Gasteiger partial charge in [0.1, 0.15) is 5.75 Å². The van der Waals surface area contributed by atoms with Gasteiger partial charge in [0, 0.05) is 20.2 Å². The topological polar surface area (TPSA) is 29.5 Å². The Morgan fingerprint density at radius 1 is 1.00 bits per heavy atom. The van der Waals surface area contributed by atoms with E-state index < -0.39 is 0 Å². The lowest BCUT2D eigenvalue weighted by Gasteiger charge is -2.10. The van der Waals surface area contributed by atoms with Gasteiger partial charge < -0.3 is 9.64 Å². The predicted molar refractivity (Wildman–Crippen MR) is 98.9 cm³/mol. The second-order valence-corrected chi connectivity index (χ2v) is 7.03. The van der Waals surface area contributed by atoms with E-state index in [-0.39, 0.29) is 5.43 Å². The molecule has 0 aliphatic carbocycles. The van der Waals surface area contributed by atoms with Gasteiger partial charge in [-0.05, 0) is 63.8 Å². The molecule has 0 fully saturated rings. The molecular formula is C19H21NO2S. The summed E-state index contributed by atoms with van der Waals surface area (Å²) in [6.45, 7) is 1.79. The van der Waals surface area contributed by atoms with Crippen LogP contribution >= 0.6 is 11.3 Å². The first-order valence-electron chi connectivity index (χ1n) is 7.88. The summed E-state index contributed by atoms with van der Waals surface area (Å²) in [5.74, 6) is 0.841. The molecule has 0 bridgehead atoms. The van der Waals surface area contributed by atoms with Crippen LogP contribution in [0.2, 0.25) is 0 Å². The molecule has 3 aromatic rings. The third-order valence-corrected chi connectivity index (χ3v) is 4.95. The van der Waals surface area contributed by atoms with Gasteiger partial charge in [-0.15, -0.1) is 11.3 Å². The van der Waals surface area contributed by atoms with Crippen molar-refractivity contribution in [2.45, 2.75) is 12.8 Å². The van der Waals surface area contributed by atoms with E-state index in [1.165, 1.54) is 0 Å². The van der Waals surface area contributed by atoms with Crippen LogP contribution in [0.1, 0.15) is 12.8 Å². The highest BCUT2D eigenvalue weighted by atomic mass is 32.1. The minimum Gasteiger partial charge on any atom is -0.494 e. The van der Waals surface area contributed by atoms with Crippen molar-refractivity contribution in [3.63, 3.8) is 0 Å². The second-order valence-electron chi connectivity index (χ2n) is 5.94. The largest absolute Gasteiger partial charge is 0.494 e. The van der Waals surface area contributed by atoms with Crippen molar-refractivity contribution in [3.8, 4) is 5.75 Å². The standard InChI is InChI=1S/C19H21NO2S/c1-20(2)11-5-6-12-22-14-9-10-16-18(13-14)23-17-8-4-3-7-15(17)19(16)21/h3-4,7-10,13H,5-6,11-12H2,1-2H3. The van der Waals surface area contributed by atoms with E-state index in [4.69, 9.17) is 4.74 Å². The first-order chi connectivity index (χ1) is 11.1. The number of nitrogens with zero attached hydrogens (tertiary/aromatic N) is 1. The van der Waals surface area contributed by atoms with Crippen LogP contribution in [0.15, 0.2) is 47.3 Å². The number of fused-ring (bicyclic) bond motifs is 2. The van der Waals surface area contributed by atoms with E-state index in [9.17, 15) is 4.79 Å². The molecule has 0 N–H and O–H groups in total. The molecule has 0 aliphatic rings. The molecule has 0 amide bonds. The number of ether oxygens (including phenoxy) is 1. The first-order valence-corrected chi connectivity index (χ1v) is 8.70. The van der Waals surface area contributed by atoms with Crippen molar-refractivity contribution in [2.24, 2.45) is 0 Å². The SMILES string of the molecule is CN(C)CCCCOc1ccc2c(=O)c3ccccc3sc2c1. The molecule has 1 heterocycles. The van der Waals surface area contributed by atoms with E-state index in [1.807, 2.05) is 42.5 Å². The van der Waals surface area contributed by atoms with E-state index in [2.05, 4.69) is 19.0 Å². The van der Waals surface area contributed by atoms with Crippen LogP contribution in [-0.2, 0) is 0 Å². The third kappa shape index (κ3) is 3.71. The molecule has 0 saturated carbocycles. The summed E-state index contributed by atoms with van der Waals surface area (Å²) in [5, 5.41) is 1.57. The van der Waals surface area contributed by atoms with Crippen molar-refractivity contribution in [1.29, 1.82) is 0 Å². The van der Waals surface area contributed by atoms with Gasteiger partial charge in [0.2, 0.25) is 0 Å². The van der Waals surface area contributed by atoms with Crippen LogP contribution in [0.3, 0.4) is 0 Å². The maximum absolute atomic E-state index is 12.5. The Kier molecular flexibility index (Phi) is 4.94. The minimum atomic E-state index is 0.104. The number of hydrogen-bond donors (Lipinski definition) is 0. The number of rotatable bonds is 6. The molecule has 120 valence electrons. The highest BCUT2D eigenvalue weighted by Crippen LogP contribution is 2.27. The van der Waals surface area contributed by atoms with Crippen LogP contribution in [0.4, 0.5) is 0 Å². The summed E-state index contributed by atoms with van der Waals surface area (Å²) < 4.78 is 7.84. The van der Waals surface area contributed by atoms with E-state index in [0.29, 0.717) is 6.61 Å². The average Bonchev–Trinajstić information content (AvgIpc) is 2.54. The lowest BCUT2D eigenvalue weighted by molar-refractivity contribution is 0.293. The second kappa shape index (κ2) is 7.11. The van der Waals surface area contributed by atoms with Crippen molar-refractivity contribution in [2.75, 3.05) is 27.2 Å². The Morgan fingerprint density at radius 3 is 2.61 bits per heavy atom. The third-order valence-electron chi connectivity index (χ3n) is 3.82. The molecule has 3 nitrogen and oxygen atoms in total. The number of hydrogen-bond acceptors (Lipinski definition) is 4. The first kappa shape index (κ1) is 16.0. The maximum Gasteiger partial charge on any atom is 0.195 e. The smallest absolute Gasteiger partial charge is 0.195 e. The molecular weight excluding hydrogens is 306 g/mol. The van der Waals surface area contributed by atoms with Gasteiger partial charge in [0.15, 0.2) is 5.43 Å². The van der Waals surface area contributed by atoms with E-state index in [1.54, 1.807) is 11.3 Å².